The number of hydrogen-bond acceptors (Lipinski definition) is 3. The van der Waals surface area contributed by atoms with E-state index in [4.69, 9.17) is 0 Å². The molecule has 0 aromatic carbocycles. The molecular weight excluding hydrogens is 257 g/mol. The first-order valence-electron chi connectivity index (χ1n) is 6.19. The highest BCUT2D eigenvalue weighted by Gasteiger charge is 2.34. The van der Waals surface area contributed by atoms with E-state index >= 15 is 0 Å². The Morgan fingerprint density at radius 3 is 2.58 bits per heavy atom. The maximum Gasteiger partial charge on any atom is 0.418 e. The summed E-state index contributed by atoms with van der Waals surface area (Å²) in [6.07, 6.45) is -1.57. The van der Waals surface area contributed by atoms with Gasteiger partial charge in [0.25, 0.3) is 0 Å². The van der Waals surface area contributed by atoms with E-state index in [1.54, 1.807) is 6.92 Å². The lowest BCUT2D eigenvalue weighted by atomic mass is 9.97. The lowest BCUT2D eigenvalue weighted by Gasteiger charge is -2.28. The van der Waals surface area contributed by atoms with Crippen molar-refractivity contribution in [3.05, 3.63) is 29.6 Å². The van der Waals surface area contributed by atoms with Gasteiger partial charge in [0.2, 0.25) is 0 Å². The number of alkyl halides is 3. The summed E-state index contributed by atoms with van der Waals surface area (Å²) in [6.45, 7) is 3.59. The molecule has 0 radical (unpaired) electrons. The van der Waals surface area contributed by atoms with Crippen molar-refractivity contribution < 1.29 is 18.3 Å². The molecule has 3 nitrogen and oxygen atoms in total. The van der Waals surface area contributed by atoms with E-state index in [1.165, 1.54) is 12.3 Å². The van der Waals surface area contributed by atoms with Crippen molar-refractivity contribution in [2.24, 2.45) is 0 Å². The van der Waals surface area contributed by atoms with Crippen LogP contribution >= 0.6 is 0 Å². The zero-order valence-corrected chi connectivity index (χ0v) is 11.1. The molecule has 0 aliphatic heterocycles. The third kappa shape index (κ3) is 4.47. The molecule has 108 valence electrons. The zero-order chi connectivity index (χ0) is 14.5. The quantitative estimate of drug-likeness (QED) is 0.839. The van der Waals surface area contributed by atoms with Crippen LogP contribution in [0.2, 0.25) is 0 Å². The van der Waals surface area contributed by atoms with Crippen LogP contribution in [0.3, 0.4) is 0 Å². The molecule has 0 aliphatic carbocycles. The van der Waals surface area contributed by atoms with Crippen LogP contribution in [0.25, 0.3) is 0 Å². The van der Waals surface area contributed by atoms with Gasteiger partial charge in [-0.05, 0) is 25.5 Å². The zero-order valence-electron chi connectivity index (χ0n) is 11.1. The summed E-state index contributed by atoms with van der Waals surface area (Å²) < 4.78 is 38.3. The number of aliphatic hydroxyl groups is 1. The highest BCUT2D eigenvalue weighted by atomic mass is 19.4. The maximum absolute atomic E-state index is 12.8. The molecular formula is C13H19F3N2O. The number of pyridine rings is 1. The summed E-state index contributed by atoms with van der Waals surface area (Å²) in [5.41, 5.74) is -1.38. The normalized spacial score (nSPS) is 15.3. The third-order valence-corrected chi connectivity index (χ3v) is 3.03. The average molecular weight is 276 g/mol. The van der Waals surface area contributed by atoms with Gasteiger partial charge in [-0.1, -0.05) is 13.3 Å². The van der Waals surface area contributed by atoms with Crippen molar-refractivity contribution in [1.82, 2.24) is 10.3 Å². The van der Waals surface area contributed by atoms with Gasteiger partial charge in [-0.2, -0.15) is 13.2 Å². The van der Waals surface area contributed by atoms with E-state index in [9.17, 15) is 18.3 Å². The minimum atomic E-state index is -4.41. The van der Waals surface area contributed by atoms with E-state index < -0.39 is 17.3 Å². The van der Waals surface area contributed by atoms with Gasteiger partial charge in [0.05, 0.1) is 17.9 Å². The monoisotopic (exact) mass is 276 g/mol. The molecule has 0 fully saturated rings. The molecule has 0 saturated heterocycles. The molecule has 1 rings (SSSR count). The van der Waals surface area contributed by atoms with Gasteiger partial charge in [-0.25, -0.2) is 0 Å². The Kier molecular flexibility index (Phi) is 5.31. The molecule has 1 atom stereocenters. The van der Waals surface area contributed by atoms with Crippen molar-refractivity contribution >= 4 is 0 Å². The smallest absolute Gasteiger partial charge is 0.394 e. The standard InChI is InChI=1S/C13H19F3N2O/c1-3-6-12(2,9-19)18-8-11-10(13(14,15)16)5-4-7-17-11/h4-5,7,18-19H,3,6,8-9H2,1-2H3. The molecule has 1 aromatic heterocycles. The number of nitrogens with one attached hydrogen (secondary N) is 1. The van der Waals surface area contributed by atoms with E-state index in [2.05, 4.69) is 10.3 Å². The highest BCUT2D eigenvalue weighted by molar-refractivity contribution is 5.23. The molecule has 1 unspecified atom stereocenters. The van der Waals surface area contributed by atoms with Crippen molar-refractivity contribution in [3.63, 3.8) is 0 Å². The SMILES string of the molecule is CCCC(C)(CO)NCc1ncccc1C(F)(F)F. The summed E-state index contributed by atoms with van der Waals surface area (Å²) >= 11 is 0. The Hall–Kier alpha value is -1.14. The van der Waals surface area contributed by atoms with E-state index in [0.29, 0.717) is 6.42 Å². The van der Waals surface area contributed by atoms with Crippen molar-refractivity contribution in [2.45, 2.75) is 44.9 Å². The summed E-state index contributed by atoms with van der Waals surface area (Å²) in [5.74, 6) is 0. The number of aliphatic hydroxyl groups excluding tert-OH is 1. The number of nitrogens with zero attached hydrogens (tertiary/aromatic N) is 1. The van der Waals surface area contributed by atoms with Gasteiger partial charge < -0.3 is 10.4 Å². The van der Waals surface area contributed by atoms with Gasteiger partial charge >= 0.3 is 6.18 Å². The summed E-state index contributed by atoms with van der Waals surface area (Å²) in [5, 5.41) is 12.3. The first-order chi connectivity index (χ1) is 8.82. The minimum absolute atomic E-state index is 0.0211. The second-order valence-electron chi connectivity index (χ2n) is 4.82. The number of aromatic nitrogens is 1. The Balaban J connectivity index is 2.83. The molecule has 0 bridgehead atoms. The lowest BCUT2D eigenvalue weighted by molar-refractivity contribution is -0.138. The largest absolute Gasteiger partial charge is 0.418 e. The Labute approximate surface area is 110 Å². The minimum Gasteiger partial charge on any atom is -0.394 e. The van der Waals surface area contributed by atoms with Crippen LogP contribution in [0.15, 0.2) is 18.3 Å². The highest BCUT2D eigenvalue weighted by Crippen LogP contribution is 2.31. The Morgan fingerprint density at radius 1 is 1.37 bits per heavy atom. The van der Waals surface area contributed by atoms with Crippen molar-refractivity contribution in [2.75, 3.05) is 6.61 Å². The van der Waals surface area contributed by atoms with Crippen LogP contribution in [0.5, 0.6) is 0 Å². The second-order valence-corrected chi connectivity index (χ2v) is 4.82. The lowest BCUT2D eigenvalue weighted by Crippen LogP contribution is -2.45. The van der Waals surface area contributed by atoms with Crippen LogP contribution in [-0.4, -0.2) is 22.2 Å². The molecule has 2 N–H and O–H groups in total. The molecule has 0 amide bonds. The molecule has 0 saturated carbocycles. The third-order valence-electron chi connectivity index (χ3n) is 3.03. The number of halogens is 3. The van der Waals surface area contributed by atoms with Crippen LogP contribution in [-0.2, 0) is 12.7 Å². The summed E-state index contributed by atoms with van der Waals surface area (Å²) in [6, 6.07) is 2.28. The van der Waals surface area contributed by atoms with Gasteiger partial charge in [0, 0.05) is 18.3 Å². The molecule has 19 heavy (non-hydrogen) atoms. The molecule has 0 spiro atoms. The van der Waals surface area contributed by atoms with E-state index in [0.717, 1.165) is 12.5 Å². The Morgan fingerprint density at radius 2 is 2.05 bits per heavy atom. The molecule has 1 heterocycles. The fraction of sp³-hybridized carbons (Fsp3) is 0.615. The fourth-order valence-electron chi connectivity index (χ4n) is 1.91. The Bertz CT molecular complexity index is 409. The predicted molar refractivity (Wildman–Crippen MR) is 66.5 cm³/mol. The molecule has 1 aromatic rings. The topological polar surface area (TPSA) is 45.1 Å². The van der Waals surface area contributed by atoms with Crippen molar-refractivity contribution in [3.8, 4) is 0 Å². The van der Waals surface area contributed by atoms with Crippen LogP contribution in [0.4, 0.5) is 13.2 Å². The molecule has 0 aliphatic rings. The van der Waals surface area contributed by atoms with Crippen LogP contribution in [0.1, 0.15) is 37.9 Å². The van der Waals surface area contributed by atoms with Crippen LogP contribution < -0.4 is 5.32 Å². The predicted octanol–water partition coefficient (Wildman–Crippen LogP) is 2.74. The summed E-state index contributed by atoms with van der Waals surface area (Å²) in [7, 11) is 0. The van der Waals surface area contributed by atoms with Crippen molar-refractivity contribution in [1.29, 1.82) is 0 Å². The van der Waals surface area contributed by atoms with Crippen LogP contribution in [0, 0.1) is 0 Å². The molecule has 6 heteroatoms. The van der Waals surface area contributed by atoms with Gasteiger partial charge in [-0.15, -0.1) is 0 Å². The van der Waals surface area contributed by atoms with E-state index in [-0.39, 0.29) is 18.8 Å². The first-order valence-corrected chi connectivity index (χ1v) is 6.19. The second kappa shape index (κ2) is 6.34. The van der Waals surface area contributed by atoms with Gasteiger partial charge in [0.1, 0.15) is 0 Å². The maximum atomic E-state index is 12.8. The average Bonchev–Trinajstić information content (AvgIpc) is 2.36. The van der Waals surface area contributed by atoms with Gasteiger partial charge in [0.15, 0.2) is 0 Å². The summed E-state index contributed by atoms with van der Waals surface area (Å²) in [4.78, 5) is 3.78. The number of rotatable bonds is 6. The number of hydrogen-bond donors (Lipinski definition) is 2. The first kappa shape index (κ1) is 15.9. The van der Waals surface area contributed by atoms with Gasteiger partial charge in [-0.3, -0.25) is 4.98 Å². The fourth-order valence-corrected chi connectivity index (χ4v) is 1.91. The van der Waals surface area contributed by atoms with E-state index in [1.807, 2.05) is 6.92 Å².